The smallest absolute Gasteiger partial charge is 0.113 e. The molecule has 3 heteroatoms. The van der Waals surface area contributed by atoms with Crippen LogP contribution in [0.2, 0.25) is 0 Å². The minimum atomic E-state index is -0.0396. The molecule has 2 aromatic carbocycles. The highest BCUT2D eigenvalue weighted by molar-refractivity contribution is 5.86. The van der Waals surface area contributed by atoms with Gasteiger partial charge in [-0.05, 0) is 37.6 Å². The van der Waals surface area contributed by atoms with Gasteiger partial charge in [0, 0.05) is 5.56 Å². The van der Waals surface area contributed by atoms with E-state index < -0.39 is 0 Å². The van der Waals surface area contributed by atoms with Gasteiger partial charge < -0.3 is 0 Å². The fourth-order valence-corrected chi connectivity index (χ4v) is 2.07. The average Bonchev–Trinajstić information content (AvgIpc) is 2.87. The second-order valence-electron chi connectivity index (χ2n) is 5.78. The number of benzene rings is 2. The number of fused-ring (bicyclic) bond motifs is 1. The zero-order chi connectivity index (χ0) is 13.5. The highest BCUT2D eigenvalue weighted by Crippen LogP contribution is 2.24. The van der Waals surface area contributed by atoms with E-state index in [9.17, 15) is 0 Å². The van der Waals surface area contributed by atoms with Crippen molar-refractivity contribution in [2.75, 3.05) is 0 Å². The maximum absolute atomic E-state index is 4.27. The average molecular weight is 251 g/mol. The fraction of sp³-hybridized carbons (Fsp3) is 0.250. The molecule has 0 N–H and O–H groups in total. The summed E-state index contributed by atoms with van der Waals surface area (Å²) in [6.07, 6.45) is 2.00. The van der Waals surface area contributed by atoms with E-state index in [1.54, 1.807) is 0 Å². The lowest BCUT2D eigenvalue weighted by Crippen LogP contribution is -2.22. The largest absolute Gasteiger partial charge is 0.247 e. The van der Waals surface area contributed by atoms with Crippen LogP contribution in [0.4, 0.5) is 0 Å². The zero-order valence-electron chi connectivity index (χ0n) is 11.5. The highest BCUT2D eigenvalue weighted by Gasteiger charge is 2.15. The molecule has 0 bridgehead atoms. The Morgan fingerprint density at radius 1 is 0.947 bits per heavy atom. The summed E-state index contributed by atoms with van der Waals surface area (Å²) >= 11 is 0. The first-order valence-corrected chi connectivity index (χ1v) is 6.46. The summed E-state index contributed by atoms with van der Waals surface area (Å²) in [6.45, 7) is 6.35. The van der Waals surface area contributed by atoms with Crippen molar-refractivity contribution in [1.29, 1.82) is 0 Å². The predicted octanol–water partition coefficient (Wildman–Crippen LogP) is 3.85. The van der Waals surface area contributed by atoms with Gasteiger partial charge in [-0.2, -0.15) is 0 Å². The van der Waals surface area contributed by atoms with Crippen LogP contribution in [0.5, 0.6) is 0 Å². The lowest BCUT2D eigenvalue weighted by atomic mass is 10.1. The van der Waals surface area contributed by atoms with Gasteiger partial charge in [0.2, 0.25) is 0 Å². The number of hydrogen-bond acceptors (Lipinski definition) is 2. The molecule has 0 atom stereocenters. The molecule has 3 rings (SSSR count). The van der Waals surface area contributed by atoms with Gasteiger partial charge in [-0.15, -0.1) is 5.10 Å². The molecular formula is C16H17N3. The summed E-state index contributed by atoms with van der Waals surface area (Å²) in [5, 5.41) is 11.0. The van der Waals surface area contributed by atoms with Crippen LogP contribution in [-0.4, -0.2) is 15.0 Å². The molecule has 3 aromatic rings. The van der Waals surface area contributed by atoms with Crippen molar-refractivity contribution in [2.45, 2.75) is 26.3 Å². The minimum absolute atomic E-state index is 0.0396. The molecule has 0 aliphatic heterocycles. The molecule has 0 aliphatic rings. The van der Waals surface area contributed by atoms with E-state index in [2.05, 4.69) is 73.5 Å². The van der Waals surface area contributed by atoms with Crippen molar-refractivity contribution in [3.05, 3.63) is 48.7 Å². The third-order valence-electron chi connectivity index (χ3n) is 3.23. The maximum Gasteiger partial charge on any atom is 0.113 e. The molecule has 0 unspecified atom stereocenters. The number of hydrogen-bond donors (Lipinski definition) is 0. The number of aromatic nitrogens is 3. The van der Waals surface area contributed by atoms with Gasteiger partial charge in [0.1, 0.15) is 5.69 Å². The van der Waals surface area contributed by atoms with Crippen LogP contribution < -0.4 is 0 Å². The van der Waals surface area contributed by atoms with Crippen molar-refractivity contribution >= 4 is 10.8 Å². The Morgan fingerprint density at radius 3 is 2.37 bits per heavy atom. The SMILES string of the molecule is CC(C)(C)n1cc(-c2ccc3ccccc3c2)nn1. The van der Waals surface area contributed by atoms with E-state index >= 15 is 0 Å². The number of rotatable bonds is 1. The maximum atomic E-state index is 4.27. The Morgan fingerprint density at radius 2 is 1.68 bits per heavy atom. The molecule has 0 saturated carbocycles. The topological polar surface area (TPSA) is 30.7 Å². The normalized spacial score (nSPS) is 11.9. The van der Waals surface area contributed by atoms with E-state index in [0.29, 0.717) is 0 Å². The van der Waals surface area contributed by atoms with E-state index in [0.717, 1.165) is 11.3 Å². The summed E-state index contributed by atoms with van der Waals surface area (Å²) in [6, 6.07) is 14.7. The van der Waals surface area contributed by atoms with Crippen LogP contribution in [0.25, 0.3) is 22.0 Å². The van der Waals surface area contributed by atoms with Gasteiger partial charge in [0.25, 0.3) is 0 Å². The van der Waals surface area contributed by atoms with Crippen LogP contribution in [0.1, 0.15) is 20.8 Å². The molecular weight excluding hydrogens is 234 g/mol. The van der Waals surface area contributed by atoms with Crippen molar-refractivity contribution in [3.8, 4) is 11.3 Å². The van der Waals surface area contributed by atoms with Crippen molar-refractivity contribution in [2.24, 2.45) is 0 Å². The van der Waals surface area contributed by atoms with Crippen molar-refractivity contribution in [1.82, 2.24) is 15.0 Å². The molecule has 0 radical (unpaired) electrons. The minimum Gasteiger partial charge on any atom is -0.247 e. The second kappa shape index (κ2) is 4.19. The summed E-state index contributed by atoms with van der Waals surface area (Å²) in [4.78, 5) is 0. The zero-order valence-corrected chi connectivity index (χ0v) is 11.5. The Balaban J connectivity index is 2.07. The molecule has 0 fully saturated rings. The van der Waals surface area contributed by atoms with E-state index in [1.165, 1.54) is 10.8 Å². The first-order valence-electron chi connectivity index (χ1n) is 6.46. The fourth-order valence-electron chi connectivity index (χ4n) is 2.07. The molecule has 0 spiro atoms. The monoisotopic (exact) mass is 251 g/mol. The van der Waals surface area contributed by atoms with Crippen LogP contribution in [0.15, 0.2) is 48.7 Å². The lowest BCUT2D eigenvalue weighted by Gasteiger charge is -2.17. The van der Waals surface area contributed by atoms with Crippen LogP contribution in [-0.2, 0) is 5.54 Å². The summed E-state index contributed by atoms with van der Waals surface area (Å²) in [7, 11) is 0. The summed E-state index contributed by atoms with van der Waals surface area (Å²) < 4.78 is 1.90. The molecule has 1 heterocycles. The molecule has 0 aliphatic carbocycles. The number of nitrogens with zero attached hydrogens (tertiary/aromatic N) is 3. The van der Waals surface area contributed by atoms with Gasteiger partial charge >= 0.3 is 0 Å². The summed E-state index contributed by atoms with van der Waals surface area (Å²) in [5.74, 6) is 0. The lowest BCUT2D eigenvalue weighted by molar-refractivity contribution is 0.347. The Labute approximate surface area is 112 Å². The first kappa shape index (κ1) is 11.9. The van der Waals surface area contributed by atoms with Gasteiger partial charge in [0.15, 0.2) is 0 Å². The molecule has 19 heavy (non-hydrogen) atoms. The van der Waals surface area contributed by atoms with Crippen molar-refractivity contribution < 1.29 is 0 Å². The quantitative estimate of drug-likeness (QED) is 0.657. The molecule has 1 aromatic heterocycles. The third-order valence-corrected chi connectivity index (χ3v) is 3.23. The molecule has 0 amide bonds. The predicted molar refractivity (Wildman–Crippen MR) is 78.0 cm³/mol. The van der Waals surface area contributed by atoms with Crippen molar-refractivity contribution in [3.63, 3.8) is 0 Å². The standard InChI is InChI=1S/C16H17N3/c1-16(2,3)19-11-15(17-18-19)14-9-8-12-6-4-5-7-13(12)10-14/h4-11H,1-3H3. The molecule has 3 nitrogen and oxygen atoms in total. The van der Waals surface area contributed by atoms with Gasteiger partial charge in [-0.3, -0.25) is 0 Å². The summed E-state index contributed by atoms with van der Waals surface area (Å²) in [5.41, 5.74) is 1.98. The molecule has 0 saturated heterocycles. The van der Waals surface area contributed by atoms with Gasteiger partial charge in [0.05, 0.1) is 11.7 Å². The van der Waals surface area contributed by atoms with Crippen LogP contribution in [0, 0.1) is 0 Å². The highest BCUT2D eigenvalue weighted by atomic mass is 15.4. The Bertz CT molecular complexity index is 720. The Kier molecular flexibility index (Phi) is 2.63. The van der Waals surface area contributed by atoms with E-state index in [4.69, 9.17) is 0 Å². The van der Waals surface area contributed by atoms with Gasteiger partial charge in [-0.25, -0.2) is 4.68 Å². The van der Waals surface area contributed by atoms with Crippen LogP contribution in [0.3, 0.4) is 0 Å². The van der Waals surface area contributed by atoms with E-state index in [-0.39, 0.29) is 5.54 Å². The van der Waals surface area contributed by atoms with Gasteiger partial charge in [-0.1, -0.05) is 41.6 Å². The third kappa shape index (κ3) is 2.24. The van der Waals surface area contributed by atoms with Crippen LogP contribution >= 0.6 is 0 Å². The van der Waals surface area contributed by atoms with E-state index in [1.807, 2.05) is 10.9 Å². The Hall–Kier alpha value is -2.16. The molecule has 96 valence electrons. The first-order chi connectivity index (χ1) is 9.04. The second-order valence-corrected chi connectivity index (χ2v) is 5.78.